The summed E-state index contributed by atoms with van der Waals surface area (Å²) < 4.78 is 53.2. The van der Waals surface area contributed by atoms with Gasteiger partial charge >= 0.3 is 0 Å². The second kappa shape index (κ2) is 4.67. The standard InChI is InChI=1S/C16H6F4N2O2/c17-7-1-5-11(3-9(7)19)21-13(15(5)23)14-16(24)6-2-8(18)10(20)4-12(6)22-14/h1-4,21,23H. The molecule has 0 fully saturated rings. The van der Waals surface area contributed by atoms with E-state index < -0.39 is 34.8 Å². The molecule has 0 amide bonds. The number of benzene rings is 2. The zero-order valence-corrected chi connectivity index (χ0v) is 11.6. The predicted octanol–water partition coefficient (Wildman–Crippen LogP) is 3.75. The molecule has 0 unspecified atom stereocenters. The number of nitrogens with one attached hydrogen (secondary N) is 1. The van der Waals surface area contributed by atoms with E-state index in [0.29, 0.717) is 6.07 Å². The molecule has 0 spiro atoms. The summed E-state index contributed by atoms with van der Waals surface area (Å²) in [5, 5.41) is 10.1. The maximum absolute atomic E-state index is 13.3. The fourth-order valence-corrected chi connectivity index (χ4v) is 2.62. The average molecular weight is 334 g/mol. The van der Waals surface area contributed by atoms with E-state index in [0.717, 1.165) is 18.2 Å². The van der Waals surface area contributed by atoms with E-state index in [1.54, 1.807) is 0 Å². The molecule has 0 saturated carbocycles. The number of aromatic hydroxyl groups is 1. The van der Waals surface area contributed by atoms with Crippen molar-refractivity contribution >= 4 is 28.1 Å². The number of carbonyl (C=O) groups is 1. The van der Waals surface area contributed by atoms with Crippen LogP contribution in [-0.2, 0) is 0 Å². The predicted molar refractivity (Wildman–Crippen MR) is 76.8 cm³/mol. The molecule has 1 aromatic heterocycles. The van der Waals surface area contributed by atoms with Crippen LogP contribution >= 0.6 is 0 Å². The molecule has 2 aromatic carbocycles. The van der Waals surface area contributed by atoms with Crippen LogP contribution in [0.4, 0.5) is 23.2 Å². The molecular formula is C16H6F4N2O2. The molecule has 2 heterocycles. The van der Waals surface area contributed by atoms with Crippen LogP contribution in [0.3, 0.4) is 0 Å². The Balaban J connectivity index is 1.91. The number of rotatable bonds is 1. The van der Waals surface area contributed by atoms with Gasteiger partial charge in [0, 0.05) is 17.5 Å². The van der Waals surface area contributed by atoms with Crippen molar-refractivity contribution in [1.82, 2.24) is 4.98 Å². The van der Waals surface area contributed by atoms with E-state index in [1.165, 1.54) is 0 Å². The van der Waals surface area contributed by atoms with Crippen molar-refractivity contribution in [1.29, 1.82) is 0 Å². The zero-order valence-electron chi connectivity index (χ0n) is 11.6. The van der Waals surface area contributed by atoms with E-state index in [-0.39, 0.29) is 33.6 Å². The van der Waals surface area contributed by atoms with Crippen LogP contribution in [0.5, 0.6) is 5.75 Å². The number of aromatic nitrogens is 1. The van der Waals surface area contributed by atoms with Gasteiger partial charge in [0.05, 0.1) is 16.8 Å². The van der Waals surface area contributed by atoms with Crippen molar-refractivity contribution in [2.45, 2.75) is 0 Å². The van der Waals surface area contributed by atoms with Crippen molar-refractivity contribution in [2.24, 2.45) is 4.99 Å². The minimum atomic E-state index is -1.21. The number of Topliss-reactive ketones (excluding diaryl/α,β-unsaturated/α-hetero) is 1. The molecule has 2 N–H and O–H groups in total. The lowest BCUT2D eigenvalue weighted by Gasteiger charge is -1.98. The van der Waals surface area contributed by atoms with Crippen LogP contribution in [0.2, 0.25) is 0 Å². The van der Waals surface area contributed by atoms with Crippen molar-refractivity contribution < 1.29 is 27.5 Å². The topological polar surface area (TPSA) is 65.5 Å². The molecule has 4 rings (SSSR count). The van der Waals surface area contributed by atoms with Gasteiger partial charge in [-0.25, -0.2) is 22.6 Å². The van der Waals surface area contributed by atoms with Gasteiger partial charge in [0.1, 0.15) is 11.4 Å². The second-order valence-corrected chi connectivity index (χ2v) is 5.23. The molecule has 0 saturated heterocycles. The fourth-order valence-electron chi connectivity index (χ4n) is 2.62. The number of aromatic amines is 1. The minimum Gasteiger partial charge on any atom is -0.505 e. The summed E-state index contributed by atoms with van der Waals surface area (Å²) in [5.74, 6) is -5.94. The number of hydrogen-bond acceptors (Lipinski definition) is 3. The summed E-state index contributed by atoms with van der Waals surface area (Å²) in [6.45, 7) is 0. The van der Waals surface area contributed by atoms with Crippen LogP contribution in [0, 0.1) is 23.3 Å². The molecule has 24 heavy (non-hydrogen) atoms. The van der Waals surface area contributed by atoms with E-state index in [2.05, 4.69) is 9.98 Å². The molecule has 0 bridgehead atoms. The van der Waals surface area contributed by atoms with Gasteiger partial charge < -0.3 is 10.1 Å². The third-order valence-electron chi connectivity index (χ3n) is 3.78. The number of carbonyl (C=O) groups excluding carboxylic acids is 1. The van der Waals surface area contributed by atoms with Gasteiger partial charge in [-0.1, -0.05) is 0 Å². The summed E-state index contributed by atoms with van der Waals surface area (Å²) in [6.07, 6.45) is 0. The van der Waals surface area contributed by atoms with Gasteiger partial charge in [0.15, 0.2) is 29.0 Å². The van der Waals surface area contributed by atoms with Crippen molar-refractivity contribution in [3.63, 3.8) is 0 Å². The Hall–Kier alpha value is -3.16. The number of ketones is 1. The Kier molecular flexibility index (Phi) is 2.81. The molecule has 0 atom stereocenters. The molecular weight excluding hydrogens is 328 g/mol. The van der Waals surface area contributed by atoms with Crippen LogP contribution in [0.15, 0.2) is 29.3 Å². The molecule has 120 valence electrons. The Morgan fingerprint density at radius 2 is 1.54 bits per heavy atom. The quantitative estimate of drug-likeness (QED) is 0.666. The van der Waals surface area contributed by atoms with Crippen molar-refractivity contribution in [3.05, 3.63) is 58.8 Å². The Labute approximate surface area is 131 Å². The van der Waals surface area contributed by atoms with E-state index in [1.807, 2.05) is 0 Å². The van der Waals surface area contributed by atoms with Crippen LogP contribution in [-0.4, -0.2) is 21.6 Å². The van der Waals surface area contributed by atoms with Crippen LogP contribution in [0.1, 0.15) is 16.1 Å². The van der Waals surface area contributed by atoms with Crippen LogP contribution in [0.25, 0.3) is 10.9 Å². The average Bonchev–Trinajstić information content (AvgIpc) is 3.00. The lowest BCUT2D eigenvalue weighted by molar-refractivity contribution is 0.106. The number of nitrogens with zero attached hydrogens (tertiary/aromatic N) is 1. The number of halogens is 4. The molecule has 1 aliphatic rings. The highest BCUT2D eigenvalue weighted by atomic mass is 19.2. The van der Waals surface area contributed by atoms with Crippen LogP contribution < -0.4 is 0 Å². The lowest BCUT2D eigenvalue weighted by atomic mass is 10.1. The highest BCUT2D eigenvalue weighted by Crippen LogP contribution is 2.36. The highest BCUT2D eigenvalue weighted by molar-refractivity contribution is 6.55. The number of hydrogen-bond donors (Lipinski definition) is 2. The minimum absolute atomic E-state index is 0.0465. The summed E-state index contributed by atoms with van der Waals surface area (Å²) in [6, 6.07) is 3.06. The van der Waals surface area contributed by atoms with Gasteiger partial charge in [-0.3, -0.25) is 4.79 Å². The molecule has 8 heteroatoms. The first-order chi connectivity index (χ1) is 11.4. The second-order valence-electron chi connectivity index (χ2n) is 5.23. The maximum atomic E-state index is 13.3. The van der Waals surface area contributed by atoms with Gasteiger partial charge in [0.25, 0.3) is 0 Å². The summed E-state index contributed by atoms with van der Waals surface area (Å²) in [7, 11) is 0. The number of H-pyrrole nitrogens is 1. The smallest absolute Gasteiger partial charge is 0.215 e. The highest BCUT2D eigenvalue weighted by Gasteiger charge is 2.31. The molecule has 4 nitrogen and oxygen atoms in total. The fraction of sp³-hybridized carbons (Fsp3) is 0. The van der Waals surface area contributed by atoms with Crippen molar-refractivity contribution in [3.8, 4) is 5.75 Å². The Morgan fingerprint density at radius 3 is 2.29 bits per heavy atom. The molecule has 3 aromatic rings. The summed E-state index contributed by atoms with van der Waals surface area (Å²) in [5.41, 5.74) is -0.699. The normalized spacial score (nSPS) is 13.5. The van der Waals surface area contributed by atoms with Gasteiger partial charge in [-0.05, 0) is 12.1 Å². The molecule has 0 aliphatic carbocycles. The third-order valence-corrected chi connectivity index (χ3v) is 3.78. The first-order valence-corrected chi connectivity index (χ1v) is 6.69. The first-order valence-electron chi connectivity index (χ1n) is 6.69. The monoisotopic (exact) mass is 334 g/mol. The SMILES string of the molecule is O=C1C(c2[nH]c3cc(F)c(F)cc3c2O)=Nc2cc(F)c(F)cc21. The summed E-state index contributed by atoms with van der Waals surface area (Å²) >= 11 is 0. The van der Waals surface area contributed by atoms with E-state index in [9.17, 15) is 27.5 Å². The number of aliphatic imine (C=N–C) groups is 1. The van der Waals surface area contributed by atoms with Crippen molar-refractivity contribution in [2.75, 3.05) is 0 Å². The third kappa shape index (κ3) is 1.86. The Bertz CT molecular complexity index is 1090. The maximum Gasteiger partial charge on any atom is 0.215 e. The van der Waals surface area contributed by atoms with Gasteiger partial charge in [-0.2, -0.15) is 0 Å². The van der Waals surface area contributed by atoms with E-state index >= 15 is 0 Å². The zero-order chi connectivity index (χ0) is 17.2. The van der Waals surface area contributed by atoms with Gasteiger partial charge in [0.2, 0.25) is 5.78 Å². The number of fused-ring (bicyclic) bond motifs is 2. The first kappa shape index (κ1) is 14.4. The lowest BCUT2D eigenvalue weighted by Crippen LogP contribution is -2.11. The molecule has 1 aliphatic heterocycles. The Morgan fingerprint density at radius 1 is 0.917 bits per heavy atom. The summed E-state index contributed by atoms with van der Waals surface area (Å²) in [4.78, 5) is 18.8. The van der Waals surface area contributed by atoms with E-state index in [4.69, 9.17) is 0 Å². The molecule has 0 radical (unpaired) electrons. The van der Waals surface area contributed by atoms with Gasteiger partial charge in [-0.15, -0.1) is 0 Å². The largest absolute Gasteiger partial charge is 0.505 e.